The Morgan fingerprint density at radius 1 is 1.44 bits per heavy atom. The van der Waals surface area contributed by atoms with Crippen LogP contribution < -0.4 is 11.1 Å². The summed E-state index contributed by atoms with van der Waals surface area (Å²) in [7, 11) is 0. The monoisotopic (exact) mass is 306 g/mol. The molecule has 1 rings (SSSR count). The van der Waals surface area contributed by atoms with Gasteiger partial charge >= 0.3 is 0 Å². The Kier molecular flexibility index (Phi) is 5.79. The van der Waals surface area contributed by atoms with Crippen molar-refractivity contribution in [2.75, 3.05) is 12.3 Å². The van der Waals surface area contributed by atoms with Crippen molar-refractivity contribution >= 4 is 40.9 Å². The van der Waals surface area contributed by atoms with Crippen LogP contribution in [0.3, 0.4) is 0 Å². The number of hydrogen-bond donors (Lipinski definition) is 2. The van der Waals surface area contributed by atoms with E-state index in [1.54, 1.807) is 19.1 Å². The van der Waals surface area contributed by atoms with Crippen molar-refractivity contribution in [3.8, 4) is 0 Å². The second kappa shape index (κ2) is 6.66. The summed E-state index contributed by atoms with van der Waals surface area (Å²) in [5.74, 6) is 0.172. The summed E-state index contributed by atoms with van der Waals surface area (Å²) < 4.78 is 0. The third-order valence-corrected chi connectivity index (χ3v) is 4.58. The second-order valence-electron chi connectivity index (χ2n) is 4.09. The summed E-state index contributed by atoms with van der Waals surface area (Å²) in [5, 5.41) is 4.12. The van der Waals surface area contributed by atoms with Gasteiger partial charge in [-0.1, -0.05) is 30.1 Å². The molecular weight excluding hydrogens is 291 g/mol. The molecule has 0 radical (unpaired) electrons. The summed E-state index contributed by atoms with van der Waals surface area (Å²) in [6.07, 6.45) is 0. The van der Waals surface area contributed by atoms with Crippen LogP contribution in [0.4, 0.5) is 0 Å². The molecule has 18 heavy (non-hydrogen) atoms. The Balaban J connectivity index is 2.73. The fourth-order valence-electron chi connectivity index (χ4n) is 1.39. The van der Waals surface area contributed by atoms with Crippen LogP contribution in [-0.2, 0) is 4.79 Å². The van der Waals surface area contributed by atoms with E-state index in [4.69, 9.17) is 28.9 Å². The van der Waals surface area contributed by atoms with Crippen LogP contribution in [0.5, 0.6) is 0 Å². The molecule has 100 valence electrons. The molecule has 0 saturated carbocycles. The van der Waals surface area contributed by atoms with Gasteiger partial charge in [-0.3, -0.25) is 4.79 Å². The molecule has 1 unspecified atom stereocenters. The van der Waals surface area contributed by atoms with Crippen LogP contribution in [-0.4, -0.2) is 23.7 Å². The van der Waals surface area contributed by atoms with Crippen LogP contribution in [0.2, 0.25) is 10.0 Å². The fraction of sp³-hybridized carbons (Fsp3) is 0.417. The number of carbonyl (C=O) groups excluding carboxylic acids is 1. The summed E-state index contributed by atoms with van der Waals surface area (Å²) >= 11 is 13.3. The lowest BCUT2D eigenvalue weighted by Gasteiger charge is -2.26. The maximum Gasteiger partial charge on any atom is 0.238 e. The number of amides is 1. The molecule has 0 fully saturated rings. The average molecular weight is 307 g/mol. The number of nitrogens with two attached hydrogens (primary N) is 1. The van der Waals surface area contributed by atoms with Gasteiger partial charge in [0, 0.05) is 10.6 Å². The van der Waals surface area contributed by atoms with Gasteiger partial charge in [0.25, 0.3) is 0 Å². The SMILES string of the molecule is CCNC(C)(CSc1ccc(Cl)c(Cl)c1)C(N)=O. The van der Waals surface area contributed by atoms with Crippen LogP contribution >= 0.6 is 35.0 Å². The minimum atomic E-state index is -0.731. The zero-order valence-electron chi connectivity index (χ0n) is 10.3. The summed E-state index contributed by atoms with van der Waals surface area (Å²) in [6, 6.07) is 5.38. The molecule has 3 nitrogen and oxygen atoms in total. The third-order valence-electron chi connectivity index (χ3n) is 2.53. The molecule has 0 spiro atoms. The number of thioether (sulfide) groups is 1. The molecule has 0 aromatic heterocycles. The predicted molar refractivity (Wildman–Crippen MR) is 78.5 cm³/mol. The van der Waals surface area contributed by atoms with Crippen molar-refractivity contribution in [1.29, 1.82) is 0 Å². The molecule has 0 bridgehead atoms. The number of halogens is 2. The average Bonchev–Trinajstić information content (AvgIpc) is 2.31. The predicted octanol–water partition coefficient (Wildman–Crippen LogP) is 2.94. The van der Waals surface area contributed by atoms with Gasteiger partial charge in [-0.2, -0.15) is 0 Å². The molecule has 6 heteroatoms. The quantitative estimate of drug-likeness (QED) is 0.795. The van der Waals surface area contributed by atoms with Gasteiger partial charge < -0.3 is 11.1 Å². The lowest BCUT2D eigenvalue weighted by molar-refractivity contribution is -0.122. The van der Waals surface area contributed by atoms with Crippen molar-refractivity contribution in [1.82, 2.24) is 5.32 Å². The smallest absolute Gasteiger partial charge is 0.238 e. The van der Waals surface area contributed by atoms with Gasteiger partial charge in [0.2, 0.25) is 5.91 Å². The first-order valence-electron chi connectivity index (χ1n) is 5.52. The highest BCUT2D eigenvalue weighted by Crippen LogP contribution is 2.29. The number of hydrogen-bond acceptors (Lipinski definition) is 3. The zero-order valence-corrected chi connectivity index (χ0v) is 12.6. The molecule has 3 N–H and O–H groups in total. The van der Waals surface area contributed by atoms with E-state index in [-0.39, 0.29) is 5.91 Å². The molecule has 0 aliphatic rings. The first kappa shape index (κ1) is 15.6. The first-order valence-corrected chi connectivity index (χ1v) is 7.26. The summed E-state index contributed by atoms with van der Waals surface area (Å²) in [5.41, 5.74) is 4.68. The van der Waals surface area contributed by atoms with Crippen molar-refractivity contribution in [3.63, 3.8) is 0 Å². The van der Waals surface area contributed by atoms with Gasteiger partial charge in [-0.15, -0.1) is 11.8 Å². The largest absolute Gasteiger partial charge is 0.368 e. The zero-order chi connectivity index (χ0) is 13.8. The molecule has 1 atom stereocenters. The van der Waals surface area contributed by atoms with Crippen molar-refractivity contribution < 1.29 is 4.79 Å². The van der Waals surface area contributed by atoms with Crippen LogP contribution in [0, 0.1) is 0 Å². The highest BCUT2D eigenvalue weighted by atomic mass is 35.5. The van der Waals surface area contributed by atoms with Gasteiger partial charge in [0.1, 0.15) is 5.54 Å². The molecule has 0 heterocycles. The topological polar surface area (TPSA) is 55.1 Å². The van der Waals surface area contributed by atoms with E-state index in [1.165, 1.54) is 11.8 Å². The van der Waals surface area contributed by atoms with Gasteiger partial charge in [0.15, 0.2) is 0 Å². The summed E-state index contributed by atoms with van der Waals surface area (Å²) in [4.78, 5) is 12.4. The Hall–Kier alpha value is -0.420. The Labute approximate surface area is 121 Å². The Morgan fingerprint density at radius 3 is 2.61 bits per heavy atom. The number of primary amides is 1. The number of likely N-dealkylation sites (N-methyl/N-ethyl adjacent to an activating group) is 1. The highest BCUT2D eigenvalue weighted by molar-refractivity contribution is 7.99. The van der Waals surface area contributed by atoms with Crippen LogP contribution in [0.15, 0.2) is 23.1 Å². The van der Waals surface area contributed by atoms with E-state index in [0.29, 0.717) is 22.3 Å². The lowest BCUT2D eigenvalue weighted by atomic mass is 10.1. The fourth-order valence-corrected chi connectivity index (χ4v) is 2.82. The number of carbonyl (C=O) groups is 1. The maximum atomic E-state index is 11.5. The molecule has 0 aliphatic carbocycles. The van der Waals surface area contributed by atoms with E-state index in [2.05, 4.69) is 5.32 Å². The standard InChI is InChI=1S/C12H16Cl2N2OS/c1-3-16-12(2,11(15)17)7-18-8-4-5-9(13)10(14)6-8/h4-6,16H,3,7H2,1-2H3,(H2,15,17). The summed E-state index contributed by atoms with van der Waals surface area (Å²) in [6.45, 7) is 4.41. The van der Waals surface area contributed by atoms with Crippen molar-refractivity contribution in [2.24, 2.45) is 5.73 Å². The Bertz CT molecular complexity index is 442. The second-order valence-corrected chi connectivity index (χ2v) is 5.95. The Morgan fingerprint density at radius 2 is 2.11 bits per heavy atom. The highest BCUT2D eigenvalue weighted by Gasteiger charge is 2.29. The first-order chi connectivity index (χ1) is 8.39. The normalized spacial score (nSPS) is 14.2. The molecule has 0 aliphatic heterocycles. The number of benzene rings is 1. The minimum Gasteiger partial charge on any atom is -0.368 e. The lowest BCUT2D eigenvalue weighted by Crippen LogP contribution is -2.55. The molecule has 1 aromatic carbocycles. The van der Waals surface area contributed by atoms with Gasteiger partial charge in [-0.25, -0.2) is 0 Å². The van der Waals surface area contributed by atoms with E-state index in [9.17, 15) is 4.79 Å². The maximum absolute atomic E-state index is 11.5. The van der Waals surface area contributed by atoms with Gasteiger partial charge in [-0.05, 0) is 31.7 Å². The number of nitrogens with one attached hydrogen (secondary N) is 1. The molecule has 1 amide bonds. The molecule has 1 aromatic rings. The van der Waals surface area contributed by atoms with Gasteiger partial charge in [0.05, 0.1) is 10.0 Å². The minimum absolute atomic E-state index is 0.364. The van der Waals surface area contributed by atoms with E-state index in [1.807, 2.05) is 13.0 Å². The van der Waals surface area contributed by atoms with E-state index >= 15 is 0 Å². The van der Waals surface area contributed by atoms with Crippen molar-refractivity contribution in [3.05, 3.63) is 28.2 Å². The van der Waals surface area contributed by atoms with Crippen molar-refractivity contribution in [2.45, 2.75) is 24.3 Å². The van der Waals surface area contributed by atoms with Crippen LogP contribution in [0.1, 0.15) is 13.8 Å². The van der Waals surface area contributed by atoms with Crippen LogP contribution in [0.25, 0.3) is 0 Å². The molecular formula is C12H16Cl2N2OS. The number of rotatable bonds is 6. The molecule has 0 saturated heterocycles. The van der Waals surface area contributed by atoms with E-state index in [0.717, 1.165) is 4.90 Å². The third kappa shape index (κ3) is 4.05. The van der Waals surface area contributed by atoms with E-state index < -0.39 is 5.54 Å².